The number of carbonyl (C=O) groups is 1. The Kier molecular flexibility index (Phi) is 6.61. The second-order valence-electron chi connectivity index (χ2n) is 6.89. The fourth-order valence-electron chi connectivity index (χ4n) is 3.79. The van der Waals surface area contributed by atoms with Gasteiger partial charge in [0.05, 0.1) is 0 Å². The van der Waals surface area contributed by atoms with Crippen LogP contribution in [0.4, 0.5) is 4.39 Å². The summed E-state index contributed by atoms with van der Waals surface area (Å²) in [5.74, 6) is -0.0963. The van der Waals surface area contributed by atoms with Crippen LogP contribution in [0.15, 0.2) is 24.3 Å². The van der Waals surface area contributed by atoms with Crippen LogP contribution in [0, 0.1) is 11.7 Å². The van der Waals surface area contributed by atoms with Crippen LogP contribution in [-0.4, -0.2) is 31.7 Å². The number of hydrogen-bond acceptors (Lipinski definition) is 3. The van der Waals surface area contributed by atoms with Crippen molar-refractivity contribution in [1.29, 1.82) is 0 Å². The molecule has 1 saturated carbocycles. The van der Waals surface area contributed by atoms with Crippen molar-refractivity contribution in [2.24, 2.45) is 11.7 Å². The maximum atomic E-state index is 13.2. The van der Waals surface area contributed by atoms with Gasteiger partial charge >= 0.3 is 0 Å². The van der Waals surface area contributed by atoms with Crippen molar-refractivity contribution in [2.45, 2.75) is 43.6 Å². The van der Waals surface area contributed by atoms with E-state index in [0.29, 0.717) is 19.8 Å². The molecule has 0 aromatic heterocycles. The second kappa shape index (κ2) is 8.28. The summed E-state index contributed by atoms with van der Waals surface area (Å²) < 4.78 is 18.7. The minimum Gasteiger partial charge on any atom is -0.381 e. The minimum atomic E-state index is -0.236. The fourth-order valence-corrected chi connectivity index (χ4v) is 3.79. The molecule has 0 bridgehead atoms. The van der Waals surface area contributed by atoms with E-state index in [0.717, 1.165) is 37.7 Å². The first-order chi connectivity index (χ1) is 11.1. The van der Waals surface area contributed by atoms with E-state index >= 15 is 0 Å². The van der Waals surface area contributed by atoms with E-state index in [4.69, 9.17) is 10.5 Å². The maximum Gasteiger partial charge on any atom is 0.223 e. The van der Waals surface area contributed by atoms with Crippen LogP contribution in [0.1, 0.15) is 37.7 Å². The lowest BCUT2D eigenvalue weighted by atomic mass is 9.74. The van der Waals surface area contributed by atoms with Gasteiger partial charge < -0.3 is 15.8 Å². The van der Waals surface area contributed by atoms with Gasteiger partial charge in [-0.05, 0) is 49.8 Å². The number of rotatable bonds is 4. The lowest BCUT2D eigenvalue weighted by Gasteiger charge is -2.38. The zero-order valence-corrected chi connectivity index (χ0v) is 14.6. The van der Waals surface area contributed by atoms with Crippen molar-refractivity contribution >= 4 is 18.3 Å². The van der Waals surface area contributed by atoms with Gasteiger partial charge in [-0.3, -0.25) is 4.79 Å². The molecule has 3 N–H and O–H groups in total. The van der Waals surface area contributed by atoms with E-state index in [-0.39, 0.29) is 41.5 Å². The summed E-state index contributed by atoms with van der Waals surface area (Å²) in [6, 6.07) is 6.80. The Morgan fingerprint density at radius 3 is 2.50 bits per heavy atom. The number of ether oxygens (including phenoxy) is 1. The molecule has 4 nitrogen and oxygen atoms in total. The van der Waals surface area contributed by atoms with Gasteiger partial charge in [-0.25, -0.2) is 4.39 Å². The molecule has 1 aromatic carbocycles. The lowest BCUT2D eigenvalue weighted by Crippen LogP contribution is -2.46. The third-order valence-corrected chi connectivity index (χ3v) is 5.35. The summed E-state index contributed by atoms with van der Waals surface area (Å²) in [4.78, 5) is 12.4. The molecule has 1 amide bonds. The van der Waals surface area contributed by atoms with Gasteiger partial charge in [0.25, 0.3) is 0 Å². The van der Waals surface area contributed by atoms with Crippen molar-refractivity contribution in [3.05, 3.63) is 35.6 Å². The highest BCUT2D eigenvalue weighted by Crippen LogP contribution is 2.35. The van der Waals surface area contributed by atoms with Gasteiger partial charge in [0.15, 0.2) is 0 Å². The SMILES string of the molecule is Cl.NC1CCC(C(=O)NCC2(c3ccc(F)cc3)CCOCC2)C1. The Hall–Kier alpha value is -1.17. The van der Waals surface area contributed by atoms with Gasteiger partial charge in [-0.15, -0.1) is 12.4 Å². The molecule has 134 valence electrons. The zero-order valence-electron chi connectivity index (χ0n) is 13.8. The molecule has 2 fully saturated rings. The average Bonchev–Trinajstić information content (AvgIpc) is 3.01. The summed E-state index contributed by atoms with van der Waals surface area (Å²) in [5.41, 5.74) is 6.81. The van der Waals surface area contributed by atoms with Crippen LogP contribution in [0.25, 0.3) is 0 Å². The molecule has 2 atom stereocenters. The summed E-state index contributed by atoms with van der Waals surface area (Å²) >= 11 is 0. The Labute approximate surface area is 148 Å². The number of benzene rings is 1. The first-order valence-corrected chi connectivity index (χ1v) is 8.46. The first kappa shape index (κ1) is 19.2. The molecule has 1 heterocycles. The lowest BCUT2D eigenvalue weighted by molar-refractivity contribution is -0.125. The summed E-state index contributed by atoms with van der Waals surface area (Å²) in [6.45, 7) is 1.91. The molecule has 24 heavy (non-hydrogen) atoms. The molecule has 0 radical (unpaired) electrons. The van der Waals surface area contributed by atoms with Crippen LogP contribution in [-0.2, 0) is 14.9 Å². The number of amides is 1. The Balaban J connectivity index is 0.00000208. The van der Waals surface area contributed by atoms with Crippen molar-refractivity contribution in [3.8, 4) is 0 Å². The Bertz CT molecular complexity index is 546. The van der Waals surface area contributed by atoms with Crippen molar-refractivity contribution < 1.29 is 13.9 Å². The van der Waals surface area contributed by atoms with E-state index in [1.807, 2.05) is 12.1 Å². The molecule has 1 aliphatic heterocycles. The van der Waals surface area contributed by atoms with Gasteiger partial charge in [0, 0.05) is 37.1 Å². The van der Waals surface area contributed by atoms with Gasteiger partial charge in [0.1, 0.15) is 5.82 Å². The molecular formula is C18H26ClFN2O2. The molecule has 6 heteroatoms. The quantitative estimate of drug-likeness (QED) is 0.871. The highest BCUT2D eigenvalue weighted by atomic mass is 35.5. The number of halogens is 2. The van der Waals surface area contributed by atoms with E-state index in [1.54, 1.807) is 0 Å². The van der Waals surface area contributed by atoms with Crippen LogP contribution >= 0.6 is 12.4 Å². The first-order valence-electron chi connectivity index (χ1n) is 8.46. The maximum absolute atomic E-state index is 13.2. The molecular weight excluding hydrogens is 331 g/mol. The van der Waals surface area contributed by atoms with E-state index in [2.05, 4.69) is 5.32 Å². The van der Waals surface area contributed by atoms with Crippen LogP contribution in [0.3, 0.4) is 0 Å². The summed E-state index contributed by atoms with van der Waals surface area (Å²) in [7, 11) is 0. The van der Waals surface area contributed by atoms with E-state index in [9.17, 15) is 9.18 Å². The Morgan fingerprint density at radius 1 is 1.25 bits per heavy atom. The molecule has 1 saturated heterocycles. The highest BCUT2D eigenvalue weighted by Gasteiger charge is 2.36. The number of hydrogen-bond donors (Lipinski definition) is 2. The normalized spacial score (nSPS) is 25.8. The zero-order chi connectivity index (χ0) is 16.3. The molecule has 2 aliphatic rings. The van der Waals surface area contributed by atoms with E-state index in [1.165, 1.54) is 12.1 Å². The fraction of sp³-hybridized carbons (Fsp3) is 0.611. The number of nitrogens with one attached hydrogen (secondary N) is 1. The van der Waals surface area contributed by atoms with Crippen LogP contribution in [0.2, 0.25) is 0 Å². The van der Waals surface area contributed by atoms with Crippen LogP contribution < -0.4 is 11.1 Å². The van der Waals surface area contributed by atoms with Crippen molar-refractivity contribution in [2.75, 3.05) is 19.8 Å². The largest absolute Gasteiger partial charge is 0.381 e. The van der Waals surface area contributed by atoms with Gasteiger partial charge in [0.2, 0.25) is 5.91 Å². The van der Waals surface area contributed by atoms with E-state index < -0.39 is 0 Å². The number of carbonyl (C=O) groups excluding carboxylic acids is 1. The monoisotopic (exact) mass is 356 g/mol. The third kappa shape index (κ3) is 4.26. The number of nitrogens with two attached hydrogens (primary N) is 1. The van der Waals surface area contributed by atoms with Gasteiger partial charge in [-0.1, -0.05) is 12.1 Å². The summed E-state index contributed by atoms with van der Waals surface area (Å²) in [6.07, 6.45) is 4.25. The Morgan fingerprint density at radius 2 is 1.92 bits per heavy atom. The molecule has 1 aromatic rings. The average molecular weight is 357 g/mol. The molecule has 1 aliphatic carbocycles. The van der Waals surface area contributed by atoms with Crippen molar-refractivity contribution in [3.63, 3.8) is 0 Å². The topological polar surface area (TPSA) is 64.4 Å². The summed E-state index contributed by atoms with van der Waals surface area (Å²) in [5, 5.41) is 3.13. The predicted molar refractivity (Wildman–Crippen MR) is 93.7 cm³/mol. The third-order valence-electron chi connectivity index (χ3n) is 5.35. The standard InChI is InChI=1S/C18H25FN2O2.ClH/c19-15-4-2-14(3-5-15)18(7-9-23-10-8-18)12-21-17(22)13-1-6-16(20)11-13;/h2-5,13,16H,1,6-12,20H2,(H,21,22);1H. The molecule has 0 spiro atoms. The smallest absolute Gasteiger partial charge is 0.223 e. The molecule has 3 rings (SSSR count). The second-order valence-corrected chi connectivity index (χ2v) is 6.89. The highest BCUT2D eigenvalue weighted by molar-refractivity contribution is 5.85. The minimum absolute atomic E-state index is 0. The molecule has 2 unspecified atom stereocenters. The predicted octanol–water partition coefficient (Wildman–Crippen LogP) is 2.54. The van der Waals surface area contributed by atoms with Crippen molar-refractivity contribution in [1.82, 2.24) is 5.32 Å². The van der Waals surface area contributed by atoms with Gasteiger partial charge in [-0.2, -0.15) is 0 Å². The van der Waals surface area contributed by atoms with Crippen LogP contribution in [0.5, 0.6) is 0 Å².